The van der Waals surface area contributed by atoms with Crippen molar-refractivity contribution in [1.82, 2.24) is 4.90 Å². The lowest BCUT2D eigenvalue weighted by atomic mass is 9.94. The second-order valence-electron chi connectivity index (χ2n) is 11.0. The molecule has 2 saturated carbocycles. The molecule has 5 rings (SSSR count). The van der Waals surface area contributed by atoms with Crippen LogP contribution in [0.3, 0.4) is 0 Å². The third-order valence-electron chi connectivity index (χ3n) is 7.91. The Morgan fingerprint density at radius 3 is 2.41 bits per heavy atom. The van der Waals surface area contributed by atoms with E-state index in [1.54, 1.807) is 13.2 Å². The van der Waals surface area contributed by atoms with Gasteiger partial charge in [-0.3, -0.25) is 19.5 Å². The number of aryl methyl sites for hydroxylation is 1. The van der Waals surface area contributed by atoms with Crippen LogP contribution >= 0.6 is 27.7 Å². The SMILES string of the molecule is COc1cc(C=C2SC(=NC3CCCCC3)N(C3CCCCC3)C2=O)c(Br)cc1OCC(=O)Nc1ccc(C)cc1. The topological polar surface area (TPSA) is 80.2 Å². The van der Waals surface area contributed by atoms with Gasteiger partial charge in [0.1, 0.15) is 0 Å². The molecule has 1 heterocycles. The van der Waals surface area contributed by atoms with Gasteiger partial charge in [-0.1, -0.05) is 72.2 Å². The van der Waals surface area contributed by atoms with Crippen molar-refractivity contribution >= 4 is 56.4 Å². The third kappa shape index (κ3) is 7.55. The minimum atomic E-state index is -0.265. The summed E-state index contributed by atoms with van der Waals surface area (Å²) in [5.41, 5.74) is 2.64. The summed E-state index contributed by atoms with van der Waals surface area (Å²) in [6.07, 6.45) is 13.4. The average molecular weight is 641 g/mol. The number of ether oxygens (including phenoxy) is 2. The molecule has 3 aliphatic rings. The minimum Gasteiger partial charge on any atom is -0.493 e. The highest BCUT2D eigenvalue weighted by Gasteiger charge is 2.39. The molecule has 3 fully saturated rings. The largest absolute Gasteiger partial charge is 0.493 e. The summed E-state index contributed by atoms with van der Waals surface area (Å²) in [4.78, 5) is 34.0. The molecule has 0 spiro atoms. The van der Waals surface area contributed by atoms with Crippen LogP contribution < -0.4 is 14.8 Å². The van der Waals surface area contributed by atoms with Gasteiger partial charge in [-0.05, 0) is 80.3 Å². The van der Waals surface area contributed by atoms with Gasteiger partial charge in [0, 0.05) is 16.2 Å². The Labute approximate surface area is 255 Å². The fraction of sp³-hybridized carbons (Fsp3) is 0.469. The van der Waals surface area contributed by atoms with E-state index in [1.165, 1.54) is 37.4 Å². The van der Waals surface area contributed by atoms with E-state index in [0.29, 0.717) is 28.1 Å². The number of aliphatic imine (C=N–C) groups is 1. The van der Waals surface area contributed by atoms with Crippen LogP contribution in [0, 0.1) is 6.92 Å². The Balaban J connectivity index is 1.33. The van der Waals surface area contributed by atoms with Crippen molar-refractivity contribution in [2.45, 2.75) is 83.2 Å². The van der Waals surface area contributed by atoms with Gasteiger partial charge < -0.3 is 14.8 Å². The smallest absolute Gasteiger partial charge is 0.267 e. The van der Waals surface area contributed by atoms with E-state index in [-0.39, 0.29) is 24.5 Å². The monoisotopic (exact) mass is 639 g/mol. The maximum atomic E-state index is 13.8. The van der Waals surface area contributed by atoms with Crippen molar-refractivity contribution < 1.29 is 19.1 Å². The van der Waals surface area contributed by atoms with E-state index in [9.17, 15) is 9.59 Å². The Hall–Kier alpha value is -2.78. The predicted molar refractivity (Wildman–Crippen MR) is 170 cm³/mol. The molecule has 0 bridgehead atoms. The molecule has 2 aromatic rings. The fourth-order valence-electron chi connectivity index (χ4n) is 5.66. The zero-order valence-corrected chi connectivity index (χ0v) is 26.2. The number of carbonyl (C=O) groups is 2. The number of benzene rings is 2. The van der Waals surface area contributed by atoms with Gasteiger partial charge in [-0.25, -0.2) is 0 Å². The first-order valence-corrected chi connectivity index (χ1v) is 16.2. The first-order valence-electron chi connectivity index (χ1n) is 14.6. The van der Waals surface area contributed by atoms with E-state index in [0.717, 1.165) is 59.3 Å². The van der Waals surface area contributed by atoms with E-state index >= 15 is 0 Å². The molecule has 1 aliphatic heterocycles. The first kappa shape index (κ1) is 29.7. The molecule has 0 atom stereocenters. The van der Waals surface area contributed by atoms with E-state index in [4.69, 9.17) is 14.5 Å². The van der Waals surface area contributed by atoms with Gasteiger partial charge >= 0.3 is 0 Å². The number of carbonyl (C=O) groups excluding carboxylic acids is 2. The van der Waals surface area contributed by atoms with Crippen LogP contribution in [0.5, 0.6) is 11.5 Å². The number of hydrogen-bond acceptors (Lipinski definition) is 6. The zero-order valence-electron chi connectivity index (χ0n) is 23.8. The molecule has 2 aromatic carbocycles. The number of amides is 2. The molecular weight excluding hydrogens is 602 g/mol. The molecule has 9 heteroatoms. The molecule has 1 N–H and O–H groups in total. The number of amidine groups is 1. The van der Waals surface area contributed by atoms with Crippen LogP contribution in [0.4, 0.5) is 5.69 Å². The number of thioether (sulfide) groups is 1. The number of anilines is 1. The van der Waals surface area contributed by atoms with Crippen molar-refractivity contribution in [3.63, 3.8) is 0 Å². The van der Waals surface area contributed by atoms with Crippen molar-refractivity contribution in [1.29, 1.82) is 0 Å². The Bertz CT molecular complexity index is 1310. The van der Waals surface area contributed by atoms with E-state index in [2.05, 4.69) is 21.2 Å². The van der Waals surface area contributed by atoms with Crippen molar-refractivity contribution in [2.24, 2.45) is 4.99 Å². The standard InChI is InChI=1S/C32H38BrN3O4S/c1-21-13-15-24(16-14-21)34-30(37)20-40-28-19-26(33)22(17-27(28)39-2)18-29-31(38)36(25-11-7-4-8-12-25)32(41-29)35-23-9-5-3-6-10-23/h13-19,23,25H,3-12,20H2,1-2H3,(H,34,37). The summed E-state index contributed by atoms with van der Waals surface area (Å²) < 4.78 is 12.2. The second-order valence-corrected chi connectivity index (χ2v) is 12.9. The quantitative estimate of drug-likeness (QED) is 0.299. The van der Waals surface area contributed by atoms with Crippen LogP contribution in [-0.4, -0.2) is 47.7 Å². The number of rotatable bonds is 8. The molecule has 7 nitrogen and oxygen atoms in total. The molecule has 1 saturated heterocycles. The highest BCUT2D eigenvalue weighted by Crippen LogP contribution is 2.41. The highest BCUT2D eigenvalue weighted by molar-refractivity contribution is 9.10. The highest BCUT2D eigenvalue weighted by atomic mass is 79.9. The number of hydrogen-bond donors (Lipinski definition) is 1. The molecule has 0 unspecified atom stereocenters. The van der Waals surface area contributed by atoms with Crippen molar-refractivity contribution in [3.05, 3.63) is 56.9 Å². The minimum absolute atomic E-state index is 0.0374. The Kier molecular flexibility index (Phi) is 10.1. The van der Waals surface area contributed by atoms with Gasteiger partial charge in [0.2, 0.25) is 0 Å². The summed E-state index contributed by atoms with van der Waals surface area (Å²) in [6.45, 7) is 1.83. The molecule has 218 valence electrons. The first-order chi connectivity index (χ1) is 19.9. The normalized spacial score (nSPS) is 20.6. The van der Waals surface area contributed by atoms with Crippen LogP contribution in [0.15, 0.2) is 50.8 Å². The van der Waals surface area contributed by atoms with Crippen LogP contribution in [0.1, 0.15) is 75.3 Å². The summed E-state index contributed by atoms with van der Waals surface area (Å²) in [5.74, 6) is 0.697. The summed E-state index contributed by atoms with van der Waals surface area (Å²) >= 11 is 5.14. The number of nitrogens with zero attached hydrogens (tertiary/aromatic N) is 2. The molecule has 0 aromatic heterocycles. The van der Waals surface area contributed by atoms with Crippen molar-refractivity contribution in [3.8, 4) is 11.5 Å². The fourth-order valence-corrected chi connectivity index (χ4v) is 7.19. The van der Waals surface area contributed by atoms with E-state index in [1.807, 2.05) is 48.2 Å². The lowest BCUT2D eigenvalue weighted by Gasteiger charge is -2.31. The summed E-state index contributed by atoms with van der Waals surface area (Å²) in [6, 6.07) is 11.7. The summed E-state index contributed by atoms with van der Waals surface area (Å²) in [5, 5.41) is 3.70. The van der Waals surface area contributed by atoms with Crippen LogP contribution in [-0.2, 0) is 9.59 Å². The lowest BCUT2D eigenvalue weighted by molar-refractivity contribution is -0.124. The number of halogens is 1. The lowest BCUT2D eigenvalue weighted by Crippen LogP contribution is -2.41. The molecule has 2 aliphatic carbocycles. The maximum Gasteiger partial charge on any atom is 0.267 e. The van der Waals surface area contributed by atoms with Gasteiger partial charge in [0.05, 0.1) is 18.1 Å². The Morgan fingerprint density at radius 1 is 1.05 bits per heavy atom. The van der Waals surface area contributed by atoms with Gasteiger partial charge in [-0.15, -0.1) is 0 Å². The average Bonchev–Trinajstić information content (AvgIpc) is 3.29. The Morgan fingerprint density at radius 2 is 1.73 bits per heavy atom. The predicted octanol–water partition coefficient (Wildman–Crippen LogP) is 7.72. The number of methoxy groups -OCH3 is 1. The van der Waals surface area contributed by atoms with E-state index < -0.39 is 0 Å². The molecule has 2 amide bonds. The molecule has 41 heavy (non-hydrogen) atoms. The van der Waals surface area contributed by atoms with Gasteiger partial charge in [0.25, 0.3) is 11.8 Å². The van der Waals surface area contributed by atoms with Gasteiger partial charge in [-0.2, -0.15) is 0 Å². The molecular formula is C32H38BrN3O4S. The molecule has 0 radical (unpaired) electrons. The second kappa shape index (κ2) is 13.9. The zero-order chi connectivity index (χ0) is 28.8. The van der Waals surface area contributed by atoms with Crippen LogP contribution in [0.2, 0.25) is 0 Å². The number of nitrogens with one attached hydrogen (secondary N) is 1. The van der Waals surface area contributed by atoms with Gasteiger partial charge in [0.15, 0.2) is 23.3 Å². The van der Waals surface area contributed by atoms with Crippen molar-refractivity contribution in [2.75, 3.05) is 19.0 Å². The summed E-state index contributed by atoms with van der Waals surface area (Å²) in [7, 11) is 1.56. The van der Waals surface area contributed by atoms with Crippen LogP contribution in [0.25, 0.3) is 6.08 Å². The maximum absolute atomic E-state index is 13.8. The third-order valence-corrected chi connectivity index (χ3v) is 9.59.